The predicted octanol–water partition coefficient (Wildman–Crippen LogP) is 2.31. The zero-order valence-electron chi connectivity index (χ0n) is 31.6. The minimum Gasteiger partial charge on any atom is -0.494 e. The molecule has 2 aromatic carbocycles. The number of fused-ring (bicyclic) bond motifs is 1. The van der Waals surface area contributed by atoms with Gasteiger partial charge in [-0.25, -0.2) is 4.98 Å². The van der Waals surface area contributed by atoms with E-state index in [4.69, 9.17) is 30.7 Å². The molecule has 0 radical (unpaired) electrons. The summed E-state index contributed by atoms with van der Waals surface area (Å²) in [5, 5.41) is 10.5. The number of morpholine rings is 1. The van der Waals surface area contributed by atoms with Crippen molar-refractivity contribution in [3.63, 3.8) is 0 Å². The molecule has 6 N–H and O–H groups in total. The van der Waals surface area contributed by atoms with Gasteiger partial charge in [0.25, 0.3) is 5.91 Å². The minimum atomic E-state index is -0.656. The van der Waals surface area contributed by atoms with Crippen LogP contribution in [0.25, 0.3) is 11.0 Å². The molecule has 0 aliphatic carbocycles. The predicted molar refractivity (Wildman–Crippen MR) is 211 cm³/mol. The van der Waals surface area contributed by atoms with Crippen molar-refractivity contribution >= 4 is 52.8 Å². The number of nitrogens with one attached hydrogen (secondary N) is 2. The lowest BCUT2D eigenvalue weighted by Gasteiger charge is -2.27. The Kier molecular flexibility index (Phi) is 13.5. The number of nitrogens with two attached hydrogens (primary N) is 2. The van der Waals surface area contributed by atoms with Crippen LogP contribution in [0.4, 0.5) is 17.3 Å². The topological polar surface area (TPSA) is 209 Å². The third kappa shape index (κ3) is 9.60. The first kappa shape index (κ1) is 39.8. The van der Waals surface area contributed by atoms with E-state index >= 15 is 0 Å². The van der Waals surface area contributed by atoms with Crippen molar-refractivity contribution in [2.24, 2.45) is 16.5 Å². The molecule has 1 aliphatic heterocycles. The van der Waals surface area contributed by atoms with E-state index in [1.165, 1.54) is 19.2 Å². The van der Waals surface area contributed by atoms with Crippen LogP contribution in [0.5, 0.6) is 11.5 Å². The third-order valence-corrected chi connectivity index (χ3v) is 8.84. The van der Waals surface area contributed by atoms with Crippen LogP contribution in [-0.2, 0) is 17.8 Å². The Morgan fingerprint density at radius 2 is 1.80 bits per heavy atom. The summed E-state index contributed by atoms with van der Waals surface area (Å²) in [5.41, 5.74) is 14.8. The van der Waals surface area contributed by atoms with Gasteiger partial charge in [0.05, 0.1) is 50.4 Å². The number of anilines is 2. The number of hydrogen-bond acceptors (Lipinski definition) is 12. The van der Waals surface area contributed by atoms with Crippen LogP contribution in [0.2, 0.25) is 0 Å². The second kappa shape index (κ2) is 18.6. The number of ether oxygens (including phenoxy) is 3. The van der Waals surface area contributed by atoms with Gasteiger partial charge in [-0.3, -0.25) is 29.0 Å². The van der Waals surface area contributed by atoms with E-state index in [-0.39, 0.29) is 36.9 Å². The highest BCUT2D eigenvalue weighted by atomic mass is 16.5. The van der Waals surface area contributed by atoms with E-state index in [9.17, 15) is 14.4 Å². The summed E-state index contributed by atoms with van der Waals surface area (Å²) in [4.78, 5) is 50.6. The molecule has 3 heterocycles. The number of primary amides is 2. The molecule has 0 saturated carbocycles. The number of benzene rings is 2. The smallest absolute Gasteiger partial charge is 0.270 e. The number of amides is 3. The number of aryl methyl sites for hydroxylation is 2. The average molecular weight is 754 g/mol. The fraction of sp³-hybridized carbons (Fsp3) is 0.368. The highest BCUT2D eigenvalue weighted by Crippen LogP contribution is 2.39. The van der Waals surface area contributed by atoms with Crippen LogP contribution >= 0.6 is 0 Å². The number of carbonyl (C=O) groups is 3. The lowest BCUT2D eigenvalue weighted by atomic mass is 10.1. The molecule has 0 atom stereocenters. The van der Waals surface area contributed by atoms with E-state index in [2.05, 4.69) is 44.2 Å². The van der Waals surface area contributed by atoms with Crippen LogP contribution in [0.15, 0.2) is 47.5 Å². The van der Waals surface area contributed by atoms with Crippen LogP contribution in [-0.4, -0.2) is 115 Å². The van der Waals surface area contributed by atoms with Gasteiger partial charge in [-0.2, -0.15) is 5.10 Å². The number of rotatable bonds is 17. The largest absolute Gasteiger partial charge is 0.494 e. The maximum Gasteiger partial charge on any atom is 0.270 e. The summed E-state index contributed by atoms with van der Waals surface area (Å²) in [7, 11) is 3.21. The molecule has 0 unspecified atom stereocenters. The second-order valence-electron chi connectivity index (χ2n) is 12.4. The Morgan fingerprint density at radius 1 is 1.07 bits per heavy atom. The molecule has 290 valence electrons. The van der Waals surface area contributed by atoms with E-state index in [0.717, 1.165) is 18.8 Å². The molecular weight excluding hydrogens is 706 g/mol. The molecule has 5 rings (SSSR count). The van der Waals surface area contributed by atoms with Crippen LogP contribution in [0.3, 0.4) is 0 Å². The number of carbonyl (C=O) groups excluding carboxylic acids is 3. The van der Waals surface area contributed by atoms with Crippen molar-refractivity contribution in [1.82, 2.24) is 29.5 Å². The summed E-state index contributed by atoms with van der Waals surface area (Å²) in [6, 6.07) is 7.98. The van der Waals surface area contributed by atoms with Crippen LogP contribution in [0.1, 0.15) is 43.8 Å². The molecule has 17 heteroatoms. The average Bonchev–Trinajstić information content (AvgIpc) is 3.76. The number of imidazole rings is 1. The number of aromatic nitrogens is 4. The van der Waals surface area contributed by atoms with E-state index in [1.54, 1.807) is 29.9 Å². The van der Waals surface area contributed by atoms with Gasteiger partial charge in [-0.1, -0.05) is 24.0 Å². The van der Waals surface area contributed by atoms with Crippen molar-refractivity contribution < 1.29 is 28.6 Å². The first-order valence-electron chi connectivity index (χ1n) is 17.7. The molecular formula is C38H47N11O6. The van der Waals surface area contributed by atoms with Crippen LogP contribution in [0, 0.1) is 18.8 Å². The highest BCUT2D eigenvalue weighted by molar-refractivity contribution is 5.99. The fourth-order valence-corrected chi connectivity index (χ4v) is 6.12. The first-order valence-corrected chi connectivity index (χ1v) is 17.7. The third-order valence-electron chi connectivity index (χ3n) is 8.84. The van der Waals surface area contributed by atoms with Gasteiger partial charge < -0.3 is 45.8 Å². The van der Waals surface area contributed by atoms with Crippen molar-refractivity contribution in [2.75, 3.05) is 77.0 Å². The molecule has 0 spiro atoms. The SMILES string of the molecule is C=Nc1cc(C(N)=O)cc(OC)c1N(C/C=C/Cn1c(NC)nc2cc(C(N)=O)cc(OCC#CCN3CCOCC3)c21)CNC(=O)c1cc(C)nn1CC. The van der Waals surface area contributed by atoms with Gasteiger partial charge in [0, 0.05) is 50.9 Å². The Morgan fingerprint density at radius 3 is 2.47 bits per heavy atom. The number of methoxy groups -OCH3 is 1. The fourth-order valence-electron chi connectivity index (χ4n) is 6.12. The lowest BCUT2D eigenvalue weighted by Crippen LogP contribution is -2.39. The summed E-state index contributed by atoms with van der Waals surface area (Å²) in [6.45, 7) is 12.3. The van der Waals surface area contributed by atoms with Crippen molar-refractivity contribution in [3.05, 3.63) is 65.0 Å². The van der Waals surface area contributed by atoms with Gasteiger partial charge in [0.2, 0.25) is 17.8 Å². The van der Waals surface area contributed by atoms with Gasteiger partial charge in [-0.15, -0.1) is 0 Å². The zero-order valence-corrected chi connectivity index (χ0v) is 31.6. The molecule has 3 amide bonds. The van der Waals surface area contributed by atoms with E-state index in [0.29, 0.717) is 78.4 Å². The quantitative estimate of drug-likeness (QED) is 0.0532. The Labute approximate surface area is 319 Å². The Balaban J connectivity index is 1.43. The minimum absolute atomic E-state index is 0.0299. The molecule has 1 aliphatic rings. The maximum absolute atomic E-state index is 13.4. The summed E-state index contributed by atoms with van der Waals surface area (Å²) < 4.78 is 20.8. The molecule has 1 fully saturated rings. The number of nitrogens with zero attached hydrogens (tertiary/aromatic N) is 7. The van der Waals surface area contributed by atoms with Crippen molar-refractivity contribution in [3.8, 4) is 23.3 Å². The zero-order chi connectivity index (χ0) is 39.5. The summed E-state index contributed by atoms with van der Waals surface area (Å²) in [5.74, 6) is 5.86. The summed E-state index contributed by atoms with van der Waals surface area (Å²) >= 11 is 0. The van der Waals surface area contributed by atoms with Crippen molar-refractivity contribution in [1.29, 1.82) is 0 Å². The lowest BCUT2D eigenvalue weighted by molar-refractivity contribution is 0.0443. The number of hydrogen-bond donors (Lipinski definition) is 4. The Bertz CT molecular complexity index is 2140. The van der Waals surface area contributed by atoms with Gasteiger partial charge in [0.15, 0.2) is 0 Å². The first-order chi connectivity index (χ1) is 26.6. The van der Waals surface area contributed by atoms with Crippen molar-refractivity contribution in [2.45, 2.75) is 26.9 Å². The summed E-state index contributed by atoms with van der Waals surface area (Å²) in [6.07, 6.45) is 3.83. The monoisotopic (exact) mass is 753 g/mol. The van der Waals surface area contributed by atoms with Gasteiger partial charge in [-0.05, 0) is 50.9 Å². The molecule has 1 saturated heterocycles. The highest BCUT2D eigenvalue weighted by Gasteiger charge is 2.22. The van der Waals surface area contributed by atoms with Crippen LogP contribution < -0.4 is 36.5 Å². The number of aliphatic imine (C=N–C) groups is 1. The molecule has 2 aromatic heterocycles. The number of allylic oxidation sites excluding steroid dienone is 1. The second-order valence-corrected chi connectivity index (χ2v) is 12.4. The van der Waals surface area contributed by atoms with Gasteiger partial charge in [0.1, 0.15) is 35.0 Å². The molecule has 55 heavy (non-hydrogen) atoms. The molecule has 0 bridgehead atoms. The van der Waals surface area contributed by atoms with E-state index in [1.807, 2.05) is 35.5 Å². The maximum atomic E-state index is 13.4. The van der Waals surface area contributed by atoms with Gasteiger partial charge >= 0.3 is 0 Å². The van der Waals surface area contributed by atoms with E-state index < -0.39 is 11.8 Å². The Hall–Kier alpha value is -6.38. The molecule has 4 aromatic rings. The standard InChI is InChI=1S/C38H47N11O6/c1-6-49-30(19-25(2)45-49)37(52)43-24-47(33-28(41-3)20-26(35(39)50)22-31(33)53-5)12-7-8-13-48-34-29(44-38(48)42-4)21-27(36(40)51)23-32(34)55-16-10-9-11-46-14-17-54-18-15-46/h7-8,19-23H,3,6,11-18,24H2,1-2,4-5H3,(H2,39,50)(H2,40,51)(H,42,44)(H,43,52)/b8-7+. The normalized spacial score (nSPS) is 12.9. The molecule has 17 nitrogen and oxygen atoms in total.